The van der Waals surface area contributed by atoms with Crippen LogP contribution >= 0.6 is 0 Å². The summed E-state index contributed by atoms with van der Waals surface area (Å²) < 4.78 is 5.46. The van der Waals surface area contributed by atoms with Crippen molar-refractivity contribution in [1.82, 2.24) is 0 Å². The maximum atomic E-state index is 6.11. The first-order valence-corrected chi connectivity index (χ1v) is 6.52. The van der Waals surface area contributed by atoms with E-state index in [-0.39, 0.29) is 6.04 Å². The highest BCUT2D eigenvalue weighted by molar-refractivity contribution is 5.29. The Hall–Kier alpha value is -0.860. The molecule has 0 radical (unpaired) electrons. The van der Waals surface area contributed by atoms with Crippen LogP contribution in [0.2, 0.25) is 0 Å². The SMILES string of the molecule is CCCOCCC(N)Cc1cc(C)cc(C)c1. The van der Waals surface area contributed by atoms with Crippen molar-refractivity contribution in [1.29, 1.82) is 0 Å². The van der Waals surface area contributed by atoms with Crippen molar-refractivity contribution in [3.8, 4) is 0 Å². The number of ether oxygens (including phenoxy) is 1. The summed E-state index contributed by atoms with van der Waals surface area (Å²) in [6.45, 7) is 8.00. The van der Waals surface area contributed by atoms with E-state index in [1.165, 1.54) is 16.7 Å². The van der Waals surface area contributed by atoms with E-state index >= 15 is 0 Å². The zero-order valence-electron chi connectivity index (χ0n) is 11.3. The number of nitrogens with two attached hydrogens (primary N) is 1. The Morgan fingerprint density at radius 1 is 1.12 bits per heavy atom. The summed E-state index contributed by atoms with van der Waals surface area (Å²) in [6, 6.07) is 6.84. The smallest absolute Gasteiger partial charge is 0.0480 e. The molecule has 0 fully saturated rings. The highest BCUT2D eigenvalue weighted by Gasteiger charge is 2.05. The van der Waals surface area contributed by atoms with Gasteiger partial charge in [0.25, 0.3) is 0 Å². The average Bonchev–Trinajstić information content (AvgIpc) is 2.23. The molecule has 0 heterocycles. The molecule has 0 saturated heterocycles. The largest absolute Gasteiger partial charge is 0.381 e. The van der Waals surface area contributed by atoms with Crippen molar-refractivity contribution < 1.29 is 4.74 Å². The number of rotatable bonds is 7. The molecule has 2 N–H and O–H groups in total. The van der Waals surface area contributed by atoms with Crippen LogP contribution < -0.4 is 5.73 Å². The Labute approximate surface area is 105 Å². The second-order valence-electron chi connectivity index (χ2n) is 4.86. The molecule has 1 atom stereocenters. The summed E-state index contributed by atoms with van der Waals surface area (Å²) in [7, 11) is 0. The number of hydrogen-bond donors (Lipinski definition) is 1. The maximum absolute atomic E-state index is 6.11. The van der Waals surface area contributed by atoms with E-state index in [1.54, 1.807) is 0 Å². The van der Waals surface area contributed by atoms with E-state index in [1.807, 2.05) is 0 Å². The van der Waals surface area contributed by atoms with Gasteiger partial charge in [0.1, 0.15) is 0 Å². The van der Waals surface area contributed by atoms with Gasteiger partial charge in [-0.05, 0) is 38.7 Å². The zero-order chi connectivity index (χ0) is 12.7. The van der Waals surface area contributed by atoms with Gasteiger partial charge in [-0.2, -0.15) is 0 Å². The first kappa shape index (κ1) is 14.2. The first-order valence-electron chi connectivity index (χ1n) is 6.52. The van der Waals surface area contributed by atoms with Crippen molar-refractivity contribution in [2.24, 2.45) is 5.73 Å². The number of benzene rings is 1. The van der Waals surface area contributed by atoms with Crippen molar-refractivity contribution in [2.75, 3.05) is 13.2 Å². The summed E-state index contributed by atoms with van der Waals surface area (Å²) in [4.78, 5) is 0. The van der Waals surface area contributed by atoms with Gasteiger partial charge in [-0.3, -0.25) is 0 Å². The quantitative estimate of drug-likeness (QED) is 0.737. The van der Waals surface area contributed by atoms with Crippen LogP contribution in [0.3, 0.4) is 0 Å². The van der Waals surface area contributed by atoms with E-state index in [4.69, 9.17) is 10.5 Å². The molecule has 0 aliphatic heterocycles. The van der Waals surface area contributed by atoms with Gasteiger partial charge < -0.3 is 10.5 Å². The summed E-state index contributed by atoms with van der Waals surface area (Å²) in [6.07, 6.45) is 2.96. The third-order valence-corrected chi connectivity index (χ3v) is 2.76. The van der Waals surface area contributed by atoms with Crippen LogP contribution in [0.15, 0.2) is 18.2 Å². The van der Waals surface area contributed by atoms with Crippen LogP contribution in [0.5, 0.6) is 0 Å². The van der Waals surface area contributed by atoms with E-state index in [0.717, 1.165) is 32.5 Å². The highest BCUT2D eigenvalue weighted by atomic mass is 16.5. The second kappa shape index (κ2) is 7.46. The monoisotopic (exact) mass is 235 g/mol. The standard InChI is InChI=1S/C15H25NO/c1-4-6-17-7-5-15(16)11-14-9-12(2)8-13(3)10-14/h8-10,15H,4-7,11,16H2,1-3H3. The molecule has 0 aliphatic rings. The molecule has 17 heavy (non-hydrogen) atoms. The Morgan fingerprint density at radius 3 is 2.35 bits per heavy atom. The Balaban J connectivity index is 2.36. The summed E-state index contributed by atoms with van der Waals surface area (Å²) in [5.74, 6) is 0. The Bertz CT molecular complexity index is 315. The molecule has 1 unspecified atom stereocenters. The maximum Gasteiger partial charge on any atom is 0.0480 e. The fourth-order valence-electron chi connectivity index (χ4n) is 2.07. The van der Waals surface area contributed by atoms with Gasteiger partial charge in [0.2, 0.25) is 0 Å². The summed E-state index contributed by atoms with van der Waals surface area (Å²) >= 11 is 0. The molecule has 2 heteroatoms. The van der Waals surface area contributed by atoms with E-state index in [9.17, 15) is 0 Å². The second-order valence-corrected chi connectivity index (χ2v) is 4.86. The molecule has 0 aliphatic carbocycles. The van der Waals surface area contributed by atoms with Crippen LogP contribution in [-0.4, -0.2) is 19.3 Å². The minimum absolute atomic E-state index is 0.202. The van der Waals surface area contributed by atoms with Crippen molar-refractivity contribution in [3.63, 3.8) is 0 Å². The van der Waals surface area contributed by atoms with E-state index in [0.29, 0.717) is 0 Å². The van der Waals surface area contributed by atoms with Gasteiger partial charge in [-0.25, -0.2) is 0 Å². The molecule has 0 saturated carbocycles. The van der Waals surface area contributed by atoms with Crippen LogP contribution in [0.25, 0.3) is 0 Å². The van der Waals surface area contributed by atoms with Crippen molar-refractivity contribution in [3.05, 3.63) is 34.9 Å². The molecular weight excluding hydrogens is 210 g/mol. The molecule has 1 rings (SSSR count). The van der Waals surface area contributed by atoms with Gasteiger partial charge in [-0.15, -0.1) is 0 Å². The molecule has 0 amide bonds. The fraction of sp³-hybridized carbons (Fsp3) is 0.600. The Morgan fingerprint density at radius 2 is 1.76 bits per heavy atom. The molecular formula is C15H25NO. The normalized spacial score (nSPS) is 12.7. The predicted octanol–water partition coefficient (Wildman–Crippen LogP) is 2.99. The Kier molecular flexibility index (Phi) is 6.23. The van der Waals surface area contributed by atoms with Crippen LogP contribution in [-0.2, 0) is 11.2 Å². The lowest BCUT2D eigenvalue weighted by atomic mass is 10.0. The van der Waals surface area contributed by atoms with Crippen molar-refractivity contribution in [2.45, 2.75) is 46.1 Å². The zero-order valence-corrected chi connectivity index (χ0v) is 11.3. The van der Waals surface area contributed by atoms with Crippen LogP contribution in [0.4, 0.5) is 0 Å². The highest BCUT2D eigenvalue weighted by Crippen LogP contribution is 2.11. The minimum atomic E-state index is 0.202. The van der Waals surface area contributed by atoms with Gasteiger partial charge in [-0.1, -0.05) is 36.2 Å². The minimum Gasteiger partial charge on any atom is -0.381 e. The van der Waals surface area contributed by atoms with Gasteiger partial charge in [0.05, 0.1) is 0 Å². The lowest BCUT2D eigenvalue weighted by Crippen LogP contribution is -2.24. The molecule has 2 nitrogen and oxygen atoms in total. The lowest BCUT2D eigenvalue weighted by Gasteiger charge is -2.13. The number of hydrogen-bond acceptors (Lipinski definition) is 2. The molecule has 0 aromatic heterocycles. The topological polar surface area (TPSA) is 35.2 Å². The summed E-state index contributed by atoms with van der Waals surface area (Å²) in [5, 5.41) is 0. The van der Waals surface area contributed by atoms with E-state index in [2.05, 4.69) is 39.0 Å². The van der Waals surface area contributed by atoms with E-state index < -0.39 is 0 Å². The van der Waals surface area contributed by atoms with Gasteiger partial charge in [0.15, 0.2) is 0 Å². The molecule has 0 bridgehead atoms. The van der Waals surface area contributed by atoms with Crippen LogP contribution in [0, 0.1) is 13.8 Å². The third-order valence-electron chi connectivity index (χ3n) is 2.76. The van der Waals surface area contributed by atoms with Crippen LogP contribution in [0.1, 0.15) is 36.5 Å². The molecule has 0 spiro atoms. The lowest BCUT2D eigenvalue weighted by molar-refractivity contribution is 0.127. The summed E-state index contributed by atoms with van der Waals surface area (Å²) in [5.41, 5.74) is 10.1. The predicted molar refractivity (Wildman–Crippen MR) is 73.3 cm³/mol. The number of aryl methyl sites for hydroxylation is 2. The average molecular weight is 235 g/mol. The third kappa shape index (κ3) is 5.85. The molecule has 96 valence electrons. The first-order chi connectivity index (χ1) is 8.11. The van der Waals surface area contributed by atoms with Gasteiger partial charge in [0, 0.05) is 19.3 Å². The van der Waals surface area contributed by atoms with Gasteiger partial charge >= 0.3 is 0 Å². The fourth-order valence-corrected chi connectivity index (χ4v) is 2.07. The molecule has 1 aromatic carbocycles. The molecule has 1 aromatic rings. The van der Waals surface area contributed by atoms with Crippen molar-refractivity contribution >= 4 is 0 Å².